The first kappa shape index (κ1) is 9.88. The van der Waals surface area contributed by atoms with Gasteiger partial charge in [0.05, 0.1) is 7.11 Å². The number of methoxy groups -OCH3 is 1. The zero-order chi connectivity index (χ0) is 8.85. The number of hydrogen-bond donors (Lipinski definition) is 0. The van der Waals surface area contributed by atoms with E-state index in [1.54, 1.807) is 13.8 Å². The standard InChI is InChI=1S/C8H12O3/c1-6(2)8(10)7(11-3)4-5-9/h4-6H,1-3H3/b7-4+. The van der Waals surface area contributed by atoms with Gasteiger partial charge in [-0.25, -0.2) is 0 Å². The van der Waals surface area contributed by atoms with E-state index in [0.29, 0.717) is 6.29 Å². The number of carbonyl (C=O) groups is 2. The van der Waals surface area contributed by atoms with E-state index in [1.807, 2.05) is 0 Å². The zero-order valence-corrected chi connectivity index (χ0v) is 6.96. The number of ketones is 1. The van der Waals surface area contributed by atoms with Crippen LogP contribution < -0.4 is 0 Å². The second kappa shape index (κ2) is 4.66. The third-order valence-electron chi connectivity index (χ3n) is 1.21. The van der Waals surface area contributed by atoms with Gasteiger partial charge in [0, 0.05) is 12.0 Å². The van der Waals surface area contributed by atoms with Crippen LogP contribution in [0.3, 0.4) is 0 Å². The third kappa shape index (κ3) is 2.98. The molecule has 0 aliphatic rings. The van der Waals surface area contributed by atoms with Crippen molar-refractivity contribution in [2.45, 2.75) is 13.8 Å². The van der Waals surface area contributed by atoms with Gasteiger partial charge in [0.2, 0.25) is 0 Å². The fourth-order valence-corrected chi connectivity index (χ4v) is 0.597. The molecule has 0 aromatic rings. The molecule has 0 saturated heterocycles. The summed E-state index contributed by atoms with van der Waals surface area (Å²) in [5.74, 6) is -0.171. The summed E-state index contributed by atoms with van der Waals surface area (Å²) in [6.07, 6.45) is 1.67. The molecule has 0 spiro atoms. The maximum absolute atomic E-state index is 11.1. The van der Waals surface area contributed by atoms with Crippen LogP contribution in [0.1, 0.15) is 13.8 Å². The zero-order valence-electron chi connectivity index (χ0n) is 6.96. The molecule has 0 unspecified atom stereocenters. The van der Waals surface area contributed by atoms with Crippen molar-refractivity contribution in [3.8, 4) is 0 Å². The summed E-state index contributed by atoms with van der Waals surface area (Å²) in [6, 6.07) is 0. The number of hydrogen-bond acceptors (Lipinski definition) is 3. The molecule has 0 N–H and O–H groups in total. The van der Waals surface area contributed by atoms with Crippen LogP contribution >= 0.6 is 0 Å². The van der Waals surface area contributed by atoms with Crippen LogP contribution in [0, 0.1) is 5.92 Å². The van der Waals surface area contributed by atoms with Gasteiger partial charge in [0.1, 0.15) is 6.29 Å². The molecule has 3 nitrogen and oxygen atoms in total. The van der Waals surface area contributed by atoms with Crippen molar-refractivity contribution in [2.24, 2.45) is 5.92 Å². The minimum Gasteiger partial charge on any atom is -0.493 e. The molecule has 0 aromatic carbocycles. The molecule has 0 saturated carbocycles. The summed E-state index contributed by atoms with van der Waals surface area (Å²) in [4.78, 5) is 21.1. The van der Waals surface area contributed by atoms with Crippen LogP contribution in [0.4, 0.5) is 0 Å². The maximum Gasteiger partial charge on any atom is 0.199 e. The summed E-state index contributed by atoms with van der Waals surface area (Å²) >= 11 is 0. The average Bonchev–Trinajstić information content (AvgIpc) is 1.98. The van der Waals surface area contributed by atoms with Gasteiger partial charge in [-0.2, -0.15) is 0 Å². The number of allylic oxidation sites excluding steroid dienone is 2. The van der Waals surface area contributed by atoms with Crippen molar-refractivity contribution >= 4 is 12.1 Å². The highest BCUT2D eigenvalue weighted by atomic mass is 16.5. The Morgan fingerprint density at radius 1 is 1.45 bits per heavy atom. The molecule has 0 aliphatic heterocycles. The first-order valence-corrected chi connectivity index (χ1v) is 3.37. The predicted molar refractivity (Wildman–Crippen MR) is 41.0 cm³/mol. The van der Waals surface area contributed by atoms with E-state index in [0.717, 1.165) is 6.08 Å². The molecule has 0 amide bonds. The van der Waals surface area contributed by atoms with E-state index in [4.69, 9.17) is 4.74 Å². The Hall–Kier alpha value is -1.12. The Kier molecular flexibility index (Phi) is 4.18. The Morgan fingerprint density at radius 2 is 2.00 bits per heavy atom. The smallest absolute Gasteiger partial charge is 0.199 e. The molecule has 0 atom stereocenters. The monoisotopic (exact) mass is 156 g/mol. The number of carbonyl (C=O) groups excluding carboxylic acids is 2. The molecule has 0 bridgehead atoms. The summed E-state index contributed by atoms with van der Waals surface area (Å²) in [5, 5.41) is 0. The molecule has 62 valence electrons. The van der Waals surface area contributed by atoms with Crippen LogP contribution in [0.5, 0.6) is 0 Å². The van der Waals surface area contributed by atoms with Gasteiger partial charge in [-0.15, -0.1) is 0 Å². The van der Waals surface area contributed by atoms with Gasteiger partial charge in [-0.05, 0) is 0 Å². The van der Waals surface area contributed by atoms with Crippen LogP contribution in [0.2, 0.25) is 0 Å². The van der Waals surface area contributed by atoms with Gasteiger partial charge < -0.3 is 4.74 Å². The Bertz CT molecular complexity index is 180. The van der Waals surface area contributed by atoms with Gasteiger partial charge in [0.15, 0.2) is 11.5 Å². The first-order valence-electron chi connectivity index (χ1n) is 3.37. The molecule has 0 fully saturated rings. The van der Waals surface area contributed by atoms with Crippen molar-refractivity contribution in [3.63, 3.8) is 0 Å². The van der Waals surface area contributed by atoms with Crippen LogP contribution in [0.15, 0.2) is 11.8 Å². The van der Waals surface area contributed by atoms with E-state index in [9.17, 15) is 9.59 Å². The molecule has 0 aromatic heterocycles. The number of Topliss-reactive ketones (excluding diaryl/α,β-unsaturated/α-hetero) is 1. The first-order chi connectivity index (χ1) is 5.13. The predicted octanol–water partition coefficient (Wildman–Crippen LogP) is 0.941. The van der Waals surface area contributed by atoms with E-state index >= 15 is 0 Å². The van der Waals surface area contributed by atoms with Crippen LogP contribution in [-0.2, 0) is 14.3 Å². The summed E-state index contributed by atoms with van der Waals surface area (Å²) in [7, 11) is 1.37. The Morgan fingerprint density at radius 3 is 2.27 bits per heavy atom. The molecular weight excluding hydrogens is 144 g/mol. The minimum absolute atomic E-state index is 0.120. The summed E-state index contributed by atoms with van der Waals surface area (Å²) in [6.45, 7) is 3.50. The molecule has 0 rings (SSSR count). The maximum atomic E-state index is 11.1. The Labute approximate surface area is 66.0 Å². The van der Waals surface area contributed by atoms with Gasteiger partial charge in [-0.3, -0.25) is 9.59 Å². The summed E-state index contributed by atoms with van der Waals surface area (Å²) < 4.78 is 4.69. The second-order valence-corrected chi connectivity index (χ2v) is 2.39. The van der Waals surface area contributed by atoms with E-state index < -0.39 is 0 Å². The lowest BCUT2D eigenvalue weighted by Crippen LogP contribution is -2.11. The fourth-order valence-electron chi connectivity index (χ4n) is 0.597. The SMILES string of the molecule is CO/C(=C/C=O)C(=O)C(C)C. The van der Waals surface area contributed by atoms with Crippen molar-refractivity contribution in [1.82, 2.24) is 0 Å². The minimum atomic E-state index is -0.153. The van der Waals surface area contributed by atoms with Crippen molar-refractivity contribution in [2.75, 3.05) is 7.11 Å². The lowest BCUT2D eigenvalue weighted by atomic mass is 10.1. The largest absolute Gasteiger partial charge is 0.493 e. The second-order valence-electron chi connectivity index (χ2n) is 2.39. The van der Waals surface area contributed by atoms with Gasteiger partial charge >= 0.3 is 0 Å². The highest BCUT2D eigenvalue weighted by Crippen LogP contribution is 2.05. The van der Waals surface area contributed by atoms with Gasteiger partial charge in [-0.1, -0.05) is 13.8 Å². The Balaban J connectivity index is 4.38. The van der Waals surface area contributed by atoms with E-state index in [-0.39, 0.29) is 17.5 Å². The third-order valence-corrected chi connectivity index (χ3v) is 1.21. The molecule has 3 heteroatoms. The molecular formula is C8H12O3. The topological polar surface area (TPSA) is 43.4 Å². The van der Waals surface area contributed by atoms with Gasteiger partial charge in [0.25, 0.3) is 0 Å². The molecule has 0 aliphatic carbocycles. The average molecular weight is 156 g/mol. The summed E-state index contributed by atoms with van der Waals surface area (Å²) in [5.41, 5.74) is 0. The number of aldehydes is 1. The number of ether oxygens (including phenoxy) is 1. The fraction of sp³-hybridized carbons (Fsp3) is 0.500. The molecule has 0 heterocycles. The van der Waals surface area contributed by atoms with Crippen LogP contribution in [-0.4, -0.2) is 19.2 Å². The van der Waals surface area contributed by atoms with E-state index in [2.05, 4.69) is 0 Å². The van der Waals surface area contributed by atoms with E-state index in [1.165, 1.54) is 7.11 Å². The number of rotatable bonds is 4. The van der Waals surface area contributed by atoms with Crippen molar-refractivity contribution < 1.29 is 14.3 Å². The molecule has 0 radical (unpaired) electrons. The normalized spacial score (nSPS) is 11.5. The molecule has 11 heavy (non-hydrogen) atoms. The van der Waals surface area contributed by atoms with Crippen molar-refractivity contribution in [3.05, 3.63) is 11.8 Å². The quantitative estimate of drug-likeness (QED) is 0.345. The lowest BCUT2D eigenvalue weighted by molar-refractivity contribution is -0.121. The lowest BCUT2D eigenvalue weighted by Gasteiger charge is -2.05. The van der Waals surface area contributed by atoms with Crippen LogP contribution in [0.25, 0.3) is 0 Å². The highest BCUT2D eigenvalue weighted by molar-refractivity contribution is 5.97. The highest BCUT2D eigenvalue weighted by Gasteiger charge is 2.12. The van der Waals surface area contributed by atoms with Crippen molar-refractivity contribution in [1.29, 1.82) is 0 Å².